The minimum atomic E-state index is 0.245. The molecule has 1 saturated heterocycles. The molecule has 0 aliphatic carbocycles. The van der Waals surface area contributed by atoms with Crippen molar-refractivity contribution in [3.8, 4) is 17.3 Å². The first kappa shape index (κ1) is 27.8. The van der Waals surface area contributed by atoms with E-state index in [2.05, 4.69) is 48.7 Å². The first-order chi connectivity index (χ1) is 21.6. The summed E-state index contributed by atoms with van der Waals surface area (Å²) in [4.78, 5) is 24.2. The summed E-state index contributed by atoms with van der Waals surface area (Å²) in [5.41, 5.74) is 5.26. The third-order valence-corrected chi connectivity index (χ3v) is 8.13. The van der Waals surface area contributed by atoms with Crippen LogP contribution in [0.15, 0.2) is 85.2 Å². The second-order valence-electron chi connectivity index (χ2n) is 11.3. The zero-order valence-electron chi connectivity index (χ0n) is 25.1. The maximum absolute atomic E-state index is 5.91. The first-order valence-electron chi connectivity index (χ1n) is 15.1. The number of aromatic nitrogens is 5. The van der Waals surface area contributed by atoms with Crippen LogP contribution >= 0.6 is 0 Å². The summed E-state index contributed by atoms with van der Waals surface area (Å²) in [6.45, 7) is 6.45. The van der Waals surface area contributed by atoms with Crippen molar-refractivity contribution < 1.29 is 9.47 Å². The molecule has 2 aromatic carbocycles. The van der Waals surface area contributed by atoms with E-state index >= 15 is 0 Å². The molecule has 1 atom stereocenters. The monoisotopic (exact) mass is 588 g/mol. The lowest BCUT2D eigenvalue weighted by atomic mass is 10.0. The summed E-state index contributed by atoms with van der Waals surface area (Å²) < 4.78 is 13.7. The van der Waals surface area contributed by atoms with Crippen LogP contribution in [0.2, 0.25) is 0 Å². The van der Waals surface area contributed by atoms with E-state index in [1.165, 1.54) is 5.56 Å². The zero-order valence-corrected chi connectivity index (χ0v) is 25.1. The molecule has 5 heterocycles. The van der Waals surface area contributed by atoms with Crippen molar-refractivity contribution in [2.45, 2.75) is 32.5 Å². The van der Waals surface area contributed by atoms with E-state index < -0.39 is 0 Å². The Hall–Kier alpha value is -4.96. The van der Waals surface area contributed by atoms with E-state index in [9.17, 15) is 0 Å². The number of hydrogen-bond acceptors (Lipinski definition) is 9. The van der Waals surface area contributed by atoms with Gasteiger partial charge in [-0.25, -0.2) is 15.0 Å². The lowest BCUT2D eigenvalue weighted by Gasteiger charge is -2.38. The van der Waals surface area contributed by atoms with Crippen molar-refractivity contribution in [3.05, 3.63) is 102 Å². The molecule has 7 rings (SSSR count). The lowest BCUT2D eigenvalue weighted by Crippen LogP contribution is -2.45. The quantitative estimate of drug-likeness (QED) is 0.256. The van der Waals surface area contributed by atoms with Crippen molar-refractivity contribution >= 4 is 23.3 Å². The van der Waals surface area contributed by atoms with Gasteiger partial charge >= 0.3 is 0 Å². The summed E-state index contributed by atoms with van der Waals surface area (Å²) in [5.74, 6) is 3.99. The smallest absolute Gasteiger partial charge is 0.215 e. The number of imidazole rings is 1. The number of nitrogens with zero attached hydrogens (tertiary/aromatic N) is 7. The minimum absolute atomic E-state index is 0.245. The molecule has 2 aliphatic rings. The van der Waals surface area contributed by atoms with Crippen LogP contribution in [-0.4, -0.2) is 56.8 Å². The summed E-state index contributed by atoms with van der Waals surface area (Å²) >= 11 is 0. The fourth-order valence-corrected chi connectivity index (χ4v) is 5.80. The van der Waals surface area contributed by atoms with Crippen LogP contribution in [0.4, 0.5) is 23.3 Å². The van der Waals surface area contributed by atoms with E-state index in [4.69, 9.17) is 19.4 Å². The number of fused-ring (bicyclic) bond motifs is 1. The molecule has 5 aromatic rings. The summed E-state index contributed by atoms with van der Waals surface area (Å²) in [6.07, 6.45) is 4.69. The highest BCUT2D eigenvalue weighted by molar-refractivity contribution is 5.66. The molecule has 3 aromatic heterocycles. The Labute approximate surface area is 257 Å². The third-order valence-electron chi connectivity index (χ3n) is 8.13. The molecule has 2 aliphatic heterocycles. The molecule has 0 bridgehead atoms. The normalized spacial score (nSPS) is 16.5. The average Bonchev–Trinajstić information content (AvgIpc) is 3.50. The fourth-order valence-electron chi connectivity index (χ4n) is 5.80. The summed E-state index contributed by atoms with van der Waals surface area (Å²) in [7, 11) is 2.03. The van der Waals surface area contributed by atoms with E-state index in [1.54, 1.807) is 0 Å². The van der Waals surface area contributed by atoms with E-state index in [-0.39, 0.29) is 6.04 Å². The Bertz CT molecular complexity index is 1720. The van der Waals surface area contributed by atoms with Gasteiger partial charge in [-0.1, -0.05) is 36.4 Å². The van der Waals surface area contributed by atoms with Gasteiger partial charge in [-0.15, -0.1) is 0 Å². The SMILES string of the molecule is CC1COCCN1c1nc(-c2ccc(Nc3cccc(OCc4ccccc4)n3)cc2)nc2c1CCN(c1nccn1C)C2. The van der Waals surface area contributed by atoms with Crippen LogP contribution < -0.4 is 19.9 Å². The molecule has 1 unspecified atom stereocenters. The molecular weight excluding hydrogens is 552 g/mol. The first-order valence-corrected chi connectivity index (χ1v) is 15.1. The van der Waals surface area contributed by atoms with Gasteiger partial charge in [-0.2, -0.15) is 4.98 Å². The van der Waals surface area contributed by atoms with Crippen molar-refractivity contribution in [1.82, 2.24) is 24.5 Å². The number of morpholine rings is 1. The molecule has 1 fully saturated rings. The van der Waals surface area contributed by atoms with Gasteiger partial charge in [0, 0.05) is 55.4 Å². The number of anilines is 4. The average molecular weight is 589 g/mol. The number of aryl methyl sites for hydroxylation is 1. The Morgan fingerprint density at radius 2 is 1.82 bits per heavy atom. The highest BCUT2D eigenvalue weighted by Gasteiger charge is 2.30. The summed E-state index contributed by atoms with van der Waals surface area (Å²) in [5, 5.41) is 3.40. The zero-order chi connectivity index (χ0) is 29.9. The largest absolute Gasteiger partial charge is 0.473 e. The second-order valence-corrected chi connectivity index (χ2v) is 11.3. The molecule has 0 spiro atoms. The van der Waals surface area contributed by atoms with E-state index in [1.807, 2.05) is 80.1 Å². The van der Waals surface area contributed by atoms with Gasteiger partial charge in [0.05, 0.1) is 31.5 Å². The molecular formula is C34H36N8O2. The molecule has 1 N–H and O–H groups in total. The molecule has 10 heteroatoms. The van der Waals surface area contributed by atoms with E-state index in [0.29, 0.717) is 38.1 Å². The number of benzene rings is 2. The lowest BCUT2D eigenvalue weighted by molar-refractivity contribution is 0.0984. The van der Waals surface area contributed by atoms with Gasteiger partial charge in [-0.3, -0.25) is 0 Å². The van der Waals surface area contributed by atoms with Gasteiger partial charge in [0.2, 0.25) is 11.8 Å². The topological polar surface area (TPSA) is 93.5 Å². The minimum Gasteiger partial charge on any atom is -0.473 e. The van der Waals surface area contributed by atoms with Crippen LogP contribution in [0.5, 0.6) is 5.88 Å². The van der Waals surface area contributed by atoms with Gasteiger partial charge in [0.1, 0.15) is 18.2 Å². The summed E-state index contributed by atoms with van der Waals surface area (Å²) in [6, 6.07) is 24.3. The van der Waals surface area contributed by atoms with Gasteiger partial charge < -0.3 is 29.2 Å². The van der Waals surface area contributed by atoms with Crippen molar-refractivity contribution in [2.24, 2.45) is 7.05 Å². The molecule has 0 radical (unpaired) electrons. The Morgan fingerprint density at radius 3 is 2.61 bits per heavy atom. The Kier molecular flexibility index (Phi) is 7.81. The fraction of sp³-hybridized carbons (Fsp3) is 0.294. The van der Waals surface area contributed by atoms with Crippen LogP contribution in [0.25, 0.3) is 11.4 Å². The second kappa shape index (κ2) is 12.3. The number of nitrogens with one attached hydrogen (secondary N) is 1. The van der Waals surface area contributed by atoms with Gasteiger partial charge in [0.25, 0.3) is 0 Å². The maximum atomic E-state index is 5.91. The highest BCUT2D eigenvalue weighted by Crippen LogP contribution is 2.33. The van der Waals surface area contributed by atoms with Crippen molar-refractivity contribution in [2.75, 3.05) is 41.4 Å². The van der Waals surface area contributed by atoms with Crippen LogP contribution in [0.1, 0.15) is 23.7 Å². The predicted molar refractivity (Wildman–Crippen MR) is 171 cm³/mol. The molecule has 10 nitrogen and oxygen atoms in total. The van der Waals surface area contributed by atoms with Gasteiger partial charge in [-0.05, 0) is 49.2 Å². The molecule has 0 saturated carbocycles. The van der Waals surface area contributed by atoms with Gasteiger partial charge in [0.15, 0.2) is 5.82 Å². The van der Waals surface area contributed by atoms with Crippen LogP contribution in [0.3, 0.4) is 0 Å². The number of hydrogen-bond donors (Lipinski definition) is 1. The molecule has 224 valence electrons. The Morgan fingerprint density at radius 1 is 0.955 bits per heavy atom. The molecule has 44 heavy (non-hydrogen) atoms. The van der Waals surface area contributed by atoms with Crippen molar-refractivity contribution in [1.29, 1.82) is 0 Å². The van der Waals surface area contributed by atoms with E-state index in [0.717, 1.165) is 59.6 Å². The standard InChI is InChI=1S/C34H36N8O2/c1-24-22-43-20-19-42(24)33-28-15-17-41(34-35-16-18-40(34)2)21-29(28)37-32(39-33)26-11-13-27(14-12-26)36-30-9-6-10-31(38-30)44-23-25-7-4-3-5-8-25/h3-14,16,18,24H,15,17,19-23H2,1-2H3,(H,36,38). The Balaban J connectivity index is 1.13. The van der Waals surface area contributed by atoms with Crippen LogP contribution in [0, 0.1) is 0 Å². The number of pyridine rings is 1. The highest BCUT2D eigenvalue weighted by atomic mass is 16.5. The molecule has 0 amide bonds. The van der Waals surface area contributed by atoms with Crippen molar-refractivity contribution in [3.63, 3.8) is 0 Å². The third kappa shape index (κ3) is 5.93. The number of rotatable bonds is 8. The predicted octanol–water partition coefficient (Wildman–Crippen LogP) is 5.38. The number of ether oxygens (including phenoxy) is 2. The van der Waals surface area contributed by atoms with Crippen LogP contribution in [-0.2, 0) is 31.4 Å². The maximum Gasteiger partial charge on any atom is 0.215 e.